The molecule has 0 bridgehead atoms. The normalized spacial score (nSPS) is 11.4. The molecule has 1 aromatic heterocycles. The highest BCUT2D eigenvalue weighted by atomic mass is 35.5. The first-order valence-electron chi connectivity index (χ1n) is 11.3. The van der Waals surface area contributed by atoms with Gasteiger partial charge in [0.05, 0.1) is 43.1 Å². The van der Waals surface area contributed by atoms with Crippen molar-refractivity contribution in [2.75, 3.05) is 40.7 Å². The van der Waals surface area contributed by atoms with Crippen LogP contribution in [-0.4, -0.2) is 59.0 Å². The Labute approximate surface area is 226 Å². The first-order valence-corrected chi connectivity index (χ1v) is 13.2. The molecule has 1 amide bonds. The van der Waals surface area contributed by atoms with Gasteiger partial charge in [-0.05, 0) is 42.5 Å². The lowest BCUT2D eigenvalue weighted by Gasteiger charge is -2.16. The number of anilines is 1. The number of fused-ring (bicyclic) bond motifs is 1. The smallest absolute Gasteiger partial charge is 0.256 e. The zero-order valence-corrected chi connectivity index (χ0v) is 23.0. The maximum absolute atomic E-state index is 13.5. The molecule has 198 valence electrons. The van der Waals surface area contributed by atoms with Gasteiger partial charge in [-0.15, -0.1) is 0 Å². The number of sulfonamides is 1. The molecular formula is C27H26ClN3O6S. The van der Waals surface area contributed by atoms with Crippen LogP contribution < -0.4 is 19.5 Å². The van der Waals surface area contributed by atoms with Crippen molar-refractivity contribution in [1.82, 2.24) is 9.29 Å². The number of amides is 1. The molecule has 0 aliphatic rings. The van der Waals surface area contributed by atoms with Gasteiger partial charge in [0.2, 0.25) is 15.8 Å². The monoisotopic (exact) mass is 555 g/mol. The number of hydrogen-bond donors (Lipinski definition) is 1. The van der Waals surface area contributed by atoms with E-state index in [0.29, 0.717) is 45.0 Å². The van der Waals surface area contributed by atoms with Crippen molar-refractivity contribution >= 4 is 44.1 Å². The van der Waals surface area contributed by atoms with Gasteiger partial charge in [-0.1, -0.05) is 29.8 Å². The molecule has 38 heavy (non-hydrogen) atoms. The van der Waals surface area contributed by atoms with E-state index >= 15 is 0 Å². The number of hydrogen-bond acceptors (Lipinski definition) is 7. The van der Waals surface area contributed by atoms with Crippen LogP contribution in [0.1, 0.15) is 10.4 Å². The van der Waals surface area contributed by atoms with Crippen molar-refractivity contribution in [3.63, 3.8) is 0 Å². The topological polar surface area (TPSA) is 107 Å². The van der Waals surface area contributed by atoms with Crippen LogP contribution in [0.25, 0.3) is 22.2 Å². The summed E-state index contributed by atoms with van der Waals surface area (Å²) in [5, 5.41) is 3.47. The van der Waals surface area contributed by atoms with Gasteiger partial charge < -0.3 is 19.5 Å². The second-order valence-electron chi connectivity index (χ2n) is 8.37. The van der Waals surface area contributed by atoms with Crippen LogP contribution in [0, 0.1) is 0 Å². The third-order valence-corrected chi connectivity index (χ3v) is 8.17. The molecule has 0 fully saturated rings. The lowest BCUT2D eigenvalue weighted by Crippen LogP contribution is -2.23. The Morgan fingerprint density at radius 2 is 1.58 bits per heavy atom. The second kappa shape index (κ2) is 10.9. The Bertz CT molecular complexity index is 1610. The summed E-state index contributed by atoms with van der Waals surface area (Å²) in [5.74, 6) is 0.869. The summed E-state index contributed by atoms with van der Waals surface area (Å²) in [6.07, 6.45) is 0. The number of nitrogens with zero attached hydrogens (tertiary/aromatic N) is 2. The molecule has 9 nitrogen and oxygen atoms in total. The number of ether oxygens (including phenoxy) is 3. The van der Waals surface area contributed by atoms with Crippen molar-refractivity contribution in [2.24, 2.45) is 0 Å². The average molecular weight is 556 g/mol. The number of carbonyl (C=O) groups excluding carboxylic acids is 1. The molecule has 3 aromatic carbocycles. The fourth-order valence-electron chi connectivity index (χ4n) is 3.91. The highest BCUT2D eigenvalue weighted by Gasteiger charge is 2.23. The standard InChI is InChI=1S/C27H26ClN3O6S/c1-31(2)38(33,34)25-14-17(10-11-20(25)28)29-27(32)19-15-22(30-21-9-7-6-8-18(19)21)16-12-23(35-3)26(37-5)24(13-16)36-4/h6-15H,1-5H3,(H,29,32). The number of aromatic nitrogens is 1. The fourth-order valence-corrected chi connectivity index (χ4v) is 5.31. The van der Waals surface area contributed by atoms with Gasteiger partial charge in [0, 0.05) is 30.7 Å². The van der Waals surface area contributed by atoms with E-state index in [0.717, 1.165) is 4.31 Å². The molecule has 1 heterocycles. The molecule has 11 heteroatoms. The molecule has 0 spiro atoms. The summed E-state index contributed by atoms with van der Waals surface area (Å²) in [4.78, 5) is 18.2. The van der Waals surface area contributed by atoms with Crippen LogP contribution in [0.15, 0.2) is 65.6 Å². The molecule has 4 aromatic rings. The van der Waals surface area contributed by atoms with E-state index in [-0.39, 0.29) is 15.6 Å². The minimum Gasteiger partial charge on any atom is -0.493 e. The van der Waals surface area contributed by atoms with Gasteiger partial charge in [-0.3, -0.25) is 4.79 Å². The number of pyridine rings is 1. The van der Waals surface area contributed by atoms with Crippen molar-refractivity contribution in [3.8, 4) is 28.5 Å². The van der Waals surface area contributed by atoms with E-state index in [1.54, 1.807) is 36.4 Å². The zero-order chi connectivity index (χ0) is 27.6. The number of nitrogens with one attached hydrogen (secondary N) is 1. The van der Waals surface area contributed by atoms with Gasteiger partial charge in [0.25, 0.3) is 5.91 Å². The van der Waals surface area contributed by atoms with Crippen molar-refractivity contribution in [2.45, 2.75) is 4.90 Å². The first kappa shape index (κ1) is 27.2. The summed E-state index contributed by atoms with van der Waals surface area (Å²) < 4.78 is 42.8. The zero-order valence-electron chi connectivity index (χ0n) is 21.4. The Balaban J connectivity index is 1.82. The van der Waals surface area contributed by atoms with Gasteiger partial charge in [0.1, 0.15) is 4.90 Å². The Kier molecular flexibility index (Phi) is 7.77. The third-order valence-electron chi connectivity index (χ3n) is 5.87. The number of methoxy groups -OCH3 is 3. The number of halogens is 1. The Morgan fingerprint density at radius 3 is 2.18 bits per heavy atom. The minimum absolute atomic E-state index is 0.0516. The molecule has 0 aliphatic heterocycles. The average Bonchev–Trinajstić information content (AvgIpc) is 2.92. The molecular weight excluding hydrogens is 530 g/mol. The largest absolute Gasteiger partial charge is 0.493 e. The minimum atomic E-state index is -3.82. The summed E-state index contributed by atoms with van der Waals surface area (Å²) in [7, 11) is 3.55. The predicted octanol–water partition coefficient (Wildman–Crippen LogP) is 5.08. The van der Waals surface area contributed by atoms with Crippen LogP contribution in [0.2, 0.25) is 5.02 Å². The maximum atomic E-state index is 13.5. The molecule has 1 N–H and O–H groups in total. The SMILES string of the molecule is COc1cc(-c2cc(C(=O)Nc3ccc(Cl)c(S(=O)(=O)N(C)C)c3)c3ccccc3n2)cc(OC)c1OC. The van der Waals surface area contributed by atoms with E-state index < -0.39 is 15.9 Å². The highest BCUT2D eigenvalue weighted by molar-refractivity contribution is 7.89. The van der Waals surface area contributed by atoms with E-state index in [4.69, 9.17) is 30.8 Å². The van der Waals surface area contributed by atoms with Gasteiger partial charge in [-0.2, -0.15) is 0 Å². The van der Waals surface area contributed by atoms with Crippen molar-refractivity contribution in [1.29, 1.82) is 0 Å². The van der Waals surface area contributed by atoms with Gasteiger partial charge in [-0.25, -0.2) is 17.7 Å². The Morgan fingerprint density at radius 1 is 0.921 bits per heavy atom. The summed E-state index contributed by atoms with van der Waals surface area (Å²) >= 11 is 6.16. The van der Waals surface area contributed by atoms with E-state index in [1.807, 2.05) is 12.1 Å². The first-order chi connectivity index (χ1) is 18.1. The number of para-hydroxylation sites is 1. The molecule has 4 rings (SSSR count). The van der Waals surface area contributed by atoms with E-state index in [9.17, 15) is 13.2 Å². The van der Waals surface area contributed by atoms with Crippen LogP contribution in [-0.2, 0) is 10.0 Å². The molecule has 0 radical (unpaired) electrons. The fraction of sp³-hybridized carbons (Fsp3) is 0.185. The maximum Gasteiger partial charge on any atom is 0.256 e. The quantitative estimate of drug-likeness (QED) is 0.323. The van der Waals surface area contributed by atoms with Crippen LogP contribution in [0.5, 0.6) is 17.2 Å². The van der Waals surface area contributed by atoms with Gasteiger partial charge in [0.15, 0.2) is 11.5 Å². The Hall–Kier alpha value is -3.86. The van der Waals surface area contributed by atoms with Crippen LogP contribution in [0.4, 0.5) is 5.69 Å². The van der Waals surface area contributed by atoms with E-state index in [1.165, 1.54) is 47.6 Å². The summed E-state index contributed by atoms with van der Waals surface area (Å²) in [6.45, 7) is 0. The highest BCUT2D eigenvalue weighted by Crippen LogP contribution is 2.41. The lowest BCUT2D eigenvalue weighted by atomic mass is 10.0. The van der Waals surface area contributed by atoms with Crippen molar-refractivity contribution in [3.05, 3.63) is 71.2 Å². The number of rotatable bonds is 8. The van der Waals surface area contributed by atoms with Crippen LogP contribution >= 0.6 is 11.6 Å². The van der Waals surface area contributed by atoms with Crippen LogP contribution in [0.3, 0.4) is 0 Å². The second-order valence-corrected chi connectivity index (χ2v) is 10.9. The molecule has 0 unspecified atom stereocenters. The third kappa shape index (κ3) is 5.10. The van der Waals surface area contributed by atoms with E-state index in [2.05, 4.69) is 5.32 Å². The van der Waals surface area contributed by atoms with Gasteiger partial charge >= 0.3 is 0 Å². The summed E-state index contributed by atoms with van der Waals surface area (Å²) in [5.41, 5.74) is 2.35. The summed E-state index contributed by atoms with van der Waals surface area (Å²) in [6, 6.07) is 16.7. The van der Waals surface area contributed by atoms with Crippen molar-refractivity contribution < 1.29 is 27.4 Å². The number of carbonyl (C=O) groups is 1. The predicted molar refractivity (Wildman–Crippen MR) is 147 cm³/mol. The number of benzene rings is 3. The lowest BCUT2D eigenvalue weighted by molar-refractivity contribution is 0.102. The molecule has 0 aliphatic carbocycles. The molecule has 0 saturated heterocycles. The molecule has 0 saturated carbocycles. The molecule has 0 atom stereocenters.